The highest BCUT2D eigenvalue weighted by molar-refractivity contribution is 5.92. The van der Waals surface area contributed by atoms with Gasteiger partial charge < -0.3 is 30.9 Å². The predicted molar refractivity (Wildman–Crippen MR) is 106 cm³/mol. The van der Waals surface area contributed by atoms with Gasteiger partial charge in [-0.25, -0.2) is 0 Å². The van der Waals surface area contributed by atoms with Crippen LogP contribution in [0.5, 0.6) is 11.5 Å². The lowest BCUT2D eigenvalue weighted by Crippen LogP contribution is -2.33. The summed E-state index contributed by atoms with van der Waals surface area (Å²) in [6.07, 6.45) is -0.676. The second kappa shape index (κ2) is 10.9. The summed E-state index contributed by atoms with van der Waals surface area (Å²) in [5.74, 6) is 0.629. The number of ether oxygens (including phenoxy) is 2. The number of hydrogen-bond donors (Lipinski definition) is 4. The first-order valence-electron chi connectivity index (χ1n) is 8.86. The molecule has 150 valence electrons. The molecule has 5 N–H and O–H groups in total. The molecular weight excluding hydrogens is 362 g/mol. The van der Waals surface area contributed by atoms with E-state index in [0.29, 0.717) is 42.4 Å². The summed E-state index contributed by atoms with van der Waals surface area (Å²) >= 11 is 0. The van der Waals surface area contributed by atoms with Crippen molar-refractivity contribution in [3.8, 4) is 11.5 Å². The minimum absolute atomic E-state index is 0.137. The average Bonchev–Trinajstić information content (AvgIpc) is 2.67. The fourth-order valence-electron chi connectivity index (χ4n) is 2.31. The number of rotatable bonds is 11. The standard InChI is InChI=1S/C20H25N3O5/c1-14(24)23-16-4-8-19(9-5-16)28-13-17(25)12-22-10-11-27-18-6-2-15(3-7-18)20(21)26/h2-9,17,22,25H,10-13H2,1H3,(H2,21,26)(H,23,24). The lowest BCUT2D eigenvalue weighted by atomic mass is 10.2. The molecular formula is C20H25N3O5. The van der Waals surface area contributed by atoms with E-state index in [1.165, 1.54) is 6.92 Å². The van der Waals surface area contributed by atoms with Crippen LogP contribution in [0, 0.1) is 0 Å². The molecule has 28 heavy (non-hydrogen) atoms. The molecule has 0 aliphatic rings. The summed E-state index contributed by atoms with van der Waals surface area (Å²) in [7, 11) is 0. The first kappa shape index (κ1) is 21.2. The predicted octanol–water partition coefficient (Wildman–Crippen LogP) is 1.15. The first-order valence-corrected chi connectivity index (χ1v) is 8.86. The van der Waals surface area contributed by atoms with Crippen molar-refractivity contribution in [2.45, 2.75) is 13.0 Å². The minimum Gasteiger partial charge on any atom is -0.492 e. The molecule has 8 heteroatoms. The topological polar surface area (TPSA) is 123 Å². The van der Waals surface area contributed by atoms with Crippen LogP contribution >= 0.6 is 0 Å². The number of hydrogen-bond acceptors (Lipinski definition) is 6. The van der Waals surface area contributed by atoms with E-state index < -0.39 is 12.0 Å². The first-order chi connectivity index (χ1) is 13.4. The summed E-state index contributed by atoms with van der Waals surface area (Å²) < 4.78 is 11.0. The van der Waals surface area contributed by atoms with E-state index in [4.69, 9.17) is 15.2 Å². The van der Waals surface area contributed by atoms with Crippen molar-refractivity contribution in [3.63, 3.8) is 0 Å². The van der Waals surface area contributed by atoms with E-state index in [-0.39, 0.29) is 12.5 Å². The number of aliphatic hydroxyl groups excluding tert-OH is 1. The van der Waals surface area contributed by atoms with Gasteiger partial charge in [-0.1, -0.05) is 0 Å². The molecule has 2 rings (SSSR count). The van der Waals surface area contributed by atoms with Crippen molar-refractivity contribution >= 4 is 17.5 Å². The van der Waals surface area contributed by atoms with Crippen molar-refractivity contribution in [3.05, 3.63) is 54.1 Å². The fraction of sp³-hybridized carbons (Fsp3) is 0.300. The second-order valence-corrected chi connectivity index (χ2v) is 6.11. The molecule has 0 aromatic heterocycles. The molecule has 0 spiro atoms. The smallest absolute Gasteiger partial charge is 0.248 e. The van der Waals surface area contributed by atoms with Crippen LogP contribution in [0.3, 0.4) is 0 Å². The average molecular weight is 387 g/mol. The van der Waals surface area contributed by atoms with E-state index in [2.05, 4.69) is 10.6 Å². The van der Waals surface area contributed by atoms with Gasteiger partial charge in [0.25, 0.3) is 0 Å². The second-order valence-electron chi connectivity index (χ2n) is 6.11. The van der Waals surface area contributed by atoms with Crippen molar-refractivity contribution in [1.29, 1.82) is 0 Å². The van der Waals surface area contributed by atoms with Gasteiger partial charge >= 0.3 is 0 Å². The van der Waals surface area contributed by atoms with Gasteiger partial charge in [-0.15, -0.1) is 0 Å². The lowest BCUT2D eigenvalue weighted by Gasteiger charge is -2.14. The van der Waals surface area contributed by atoms with E-state index in [1.807, 2.05) is 0 Å². The molecule has 8 nitrogen and oxygen atoms in total. The van der Waals surface area contributed by atoms with Crippen LogP contribution in [-0.4, -0.2) is 49.3 Å². The number of aliphatic hydroxyl groups is 1. The molecule has 2 aromatic rings. The van der Waals surface area contributed by atoms with Crippen LogP contribution in [0.2, 0.25) is 0 Å². The van der Waals surface area contributed by atoms with E-state index in [0.717, 1.165) is 0 Å². The SMILES string of the molecule is CC(=O)Nc1ccc(OCC(O)CNCCOc2ccc(C(N)=O)cc2)cc1. The number of anilines is 1. The van der Waals surface area contributed by atoms with Crippen LogP contribution in [0.4, 0.5) is 5.69 Å². The maximum Gasteiger partial charge on any atom is 0.248 e. The molecule has 0 heterocycles. The molecule has 0 fully saturated rings. The Bertz CT molecular complexity index is 762. The Morgan fingerprint density at radius 3 is 2.25 bits per heavy atom. The number of nitrogens with one attached hydrogen (secondary N) is 2. The molecule has 0 bridgehead atoms. The van der Waals surface area contributed by atoms with Crippen molar-refractivity contribution in [2.75, 3.05) is 31.6 Å². The number of carbonyl (C=O) groups is 2. The molecule has 0 radical (unpaired) electrons. The molecule has 1 atom stereocenters. The maximum absolute atomic E-state index is 11.0. The highest BCUT2D eigenvalue weighted by atomic mass is 16.5. The number of primary amides is 1. The van der Waals surface area contributed by atoms with E-state index in [1.54, 1.807) is 48.5 Å². The van der Waals surface area contributed by atoms with Crippen LogP contribution in [0.15, 0.2) is 48.5 Å². The molecule has 0 saturated carbocycles. The number of carbonyl (C=O) groups excluding carboxylic acids is 2. The van der Waals surface area contributed by atoms with Crippen LogP contribution in [-0.2, 0) is 4.79 Å². The lowest BCUT2D eigenvalue weighted by molar-refractivity contribution is -0.114. The quantitative estimate of drug-likeness (QED) is 0.429. The van der Waals surface area contributed by atoms with E-state index in [9.17, 15) is 14.7 Å². The van der Waals surface area contributed by atoms with Crippen molar-refractivity contribution in [2.24, 2.45) is 5.73 Å². The van der Waals surface area contributed by atoms with Gasteiger partial charge in [0, 0.05) is 31.3 Å². The maximum atomic E-state index is 11.0. The van der Waals surface area contributed by atoms with Gasteiger partial charge in [-0.05, 0) is 48.5 Å². The van der Waals surface area contributed by atoms with Crippen LogP contribution in [0.25, 0.3) is 0 Å². The van der Waals surface area contributed by atoms with Crippen molar-refractivity contribution in [1.82, 2.24) is 5.32 Å². The number of nitrogens with two attached hydrogens (primary N) is 1. The van der Waals surface area contributed by atoms with Gasteiger partial charge in [-0.2, -0.15) is 0 Å². The number of benzene rings is 2. The molecule has 0 saturated heterocycles. The van der Waals surface area contributed by atoms with Gasteiger partial charge in [0.15, 0.2) is 0 Å². The monoisotopic (exact) mass is 387 g/mol. The Balaban J connectivity index is 1.59. The largest absolute Gasteiger partial charge is 0.492 e. The zero-order valence-corrected chi connectivity index (χ0v) is 15.7. The zero-order valence-electron chi connectivity index (χ0n) is 15.7. The Labute approximate surface area is 163 Å². The van der Waals surface area contributed by atoms with Gasteiger partial charge in [-0.3, -0.25) is 9.59 Å². The van der Waals surface area contributed by atoms with Gasteiger partial charge in [0.1, 0.15) is 30.8 Å². The minimum atomic E-state index is -0.676. The summed E-state index contributed by atoms with van der Waals surface area (Å²) in [5, 5.41) is 15.7. The molecule has 1 unspecified atom stereocenters. The molecule has 0 aliphatic carbocycles. The third-order valence-corrected chi connectivity index (χ3v) is 3.68. The zero-order chi connectivity index (χ0) is 20.4. The molecule has 2 aromatic carbocycles. The Morgan fingerprint density at radius 2 is 1.64 bits per heavy atom. The summed E-state index contributed by atoms with van der Waals surface area (Å²) in [6.45, 7) is 2.89. The van der Waals surface area contributed by atoms with Crippen LogP contribution < -0.4 is 25.8 Å². The highest BCUT2D eigenvalue weighted by Gasteiger charge is 2.06. The summed E-state index contributed by atoms with van der Waals surface area (Å²) in [4.78, 5) is 22.0. The van der Waals surface area contributed by atoms with E-state index >= 15 is 0 Å². The molecule has 0 aliphatic heterocycles. The van der Waals surface area contributed by atoms with Gasteiger partial charge in [0.05, 0.1) is 0 Å². The van der Waals surface area contributed by atoms with Crippen LogP contribution in [0.1, 0.15) is 17.3 Å². The van der Waals surface area contributed by atoms with Crippen molar-refractivity contribution < 1.29 is 24.2 Å². The third kappa shape index (κ3) is 7.65. The Hall–Kier alpha value is -3.10. The molecule has 2 amide bonds. The van der Waals surface area contributed by atoms with Gasteiger partial charge in [0.2, 0.25) is 11.8 Å². The number of amides is 2. The highest BCUT2D eigenvalue weighted by Crippen LogP contribution is 2.15. The summed E-state index contributed by atoms with van der Waals surface area (Å²) in [6, 6.07) is 13.5. The summed E-state index contributed by atoms with van der Waals surface area (Å²) in [5.41, 5.74) is 6.29. The Kier molecular flexibility index (Phi) is 8.26. The third-order valence-electron chi connectivity index (χ3n) is 3.68. The Morgan fingerprint density at radius 1 is 1.04 bits per heavy atom. The fourth-order valence-corrected chi connectivity index (χ4v) is 2.31. The normalized spacial score (nSPS) is 11.5.